The molecule has 0 bridgehead atoms. The second kappa shape index (κ2) is 6.83. The monoisotopic (exact) mass is 339 g/mol. The highest BCUT2D eigenvalue weighted by Crippen LogP contribution is 2.23. The first-order chi connectivity index (χ1) is 9.19. The second-order valence-corrected chi connectivity index (χ2v) is 5.37. The number of hydrogen-bond acceptors (Lipinski definition) is 2. The third-order valence-electron chi connectivity index (χ3n) is 2.64. The van der Waals surface area contributed by atoms with Gasteiger partial charge in [0.05, 0.1) is 6.61 Å². The Bertz CT molecular complexity index is 560. The van der Waals surface area contributed by atoms with Crippen molar-refractivity contribution in [3.05, 3.63) is 57.5 Å². The summed E-state index contributed by atoms with van der Waals surface area (Å²) in [5.41, 5.74) is 2.08. The van der Waals surface area contributed by atoms with E-state index < -0.39 is 0 Å². The molecule has 0 fully saturated rings. The summed E-state index contributed by atoms with van der Waals surface area (Å²) in [5.74, 6) is 0.870. The van der Waals surface area contributed by atoms with E-state index in [2.05, 4.69) is 21.2 Å². The second-order valence-electron chi connectivity index (χ2n) is 4.05. The number of benzene rings is 2. The van der Waals surface area contributed by atoms with Gasteiger partial charge in [0, 0.05) is 27.8 Å². The van der Waals surface area contributed by atoms with Crippen LogP contribution in [0.5, 0.6) is 5.75 Å². The van der Waals surface area contributed by atoms with Crippen molar-refractivity contribution in [1.82, 2.24) is 0 Å². The third-order valence-corrected chi connectivity index (χ3v) is 3.49. The van der Waals surface area contributed by atoms with Crippen LogP contribution in [-0.2, 0) is 6.54 Å². The van der Waals surface area contributed by atoms with E-state index in [9.17, 15) is 0 Å². The van der Waals surface area contributed by atoms with Gasteiger partial charge in [-0.3, -0.25) is 0 Å². The molecule has 0 saturated heterocycles. The SMILES string of the molecule is CCOc1cccc(NCc2ccc(Br)cc2Cl)c1. The van der Waals surface area contributed by atoms with Gasteiger partial charge in [-0.15, -0.1) is 0 Å². The van der Waals surface area contributed by atoms with Crippen LogP contribution < -0.4 is 10.1 Å². The van der Waals surface area contributed by atoms with Crippen molar-refractivity contribution in [2.75, 3.05) is 11.9 Å². The van der Waals surface area contributed by atoms with E-state index in [0.717, 1.165) is 26.5 Å². The van der Waals surface area contributed by atoms with Crippen molar-refractivity contribution in [3.63, 3.8) is 0 Å². The Morgan fingerprint density at radius 2 is 2.05 bits per heavy atom. The highest BCUT2D eigenvalue weighted by Gasteiger charge is 2.01. The number of hydrogen-bond donors (Lipinski definition) is 1. The van der Waals surface area contributed by atoms with E-state index in [-0.39, 0.29) is 0 Å². The van der Waals surface area contributed by atoms with Crippen molar-refractivity contribution < 1.29 is 4.74 Å². The van der Waals surface area contributed by atoms with E-state index in [4.69, 9.17) is 16.3 Å². The van der Waals surface area contributed by atoms with Crippen LogP contribution in [0, 0.1) is 0 Å². The zero-order valence-corrected chi connectivity index (χ0v) is 13.0. The summed E-state index contributed by atoms with van der Waals surface area (Å²) in [6, 6.07) is 13.8. The first kappa shape index (κ1) is 14.2. The van der Waals surface area contributed by atoms with Gasteiger partial charge in [0.2, 0.25) is 0 Å². The quantitative estimate of drug-likeness (QED) is 0.816. The van der Waals surface area contributed by atoms with Crippen molar-refractivity contribution in [3.8, 4) is 5.75 Å². The molecule has 19 heavy (non-hydrogen) atoms. The lowest BCUT2D eigenvalue weighted by molar-refractivity contribution is 0.340. The van der Waals surface area contributed by atoms with Gasteiger partial charge >= 0.3 is 0 Å². The molecule has 0 aliphatic carbocycles. The van der Waals surface area contributed by atoms with Crippen molar-refractivity contribution in [2.45, 2.75) is 13.5 Å². The van der Waals surface area contributed by atoms with Gasteiger partial charge in [0.15, 0.2) is 0 Å². The van der Waals surface area contributed by atoms with Crippen LogP contribution >= 0.6 is 27.5 Å². The lowest BCUT2D eigenvalue weighted by Gasteiger charge is -2.10. The molecule has 0 spiro atoms. The van der Waals surface area contributed by atoms with Crippen molar-refractivity contribution >= 4 is 33.2 Å². The summed E-state index contributed by atoms with van der Waals surface area (Å²) in [5, 5.41) is 4.09. The summed E-state index contributed by atoms with van der Waals surface area (Å²) >= 11 is 9.58. The number of ether oxygens (including phenoxy) is 1. The number of halogens is 2. The van der Waals surface area contributed by atoms with Gasteiger partial charge in [-0.05, 0) is 36.8 Å². The van der Waals surface area contributed by atoms with E-state index in [1.54, 1.807) is 0 Å². The standard InChI is InChI=1S/C15H15BrClNO/c1-2-19-14-5-3-4-13(9-14)18-10-11-6-7-12(16)8-15(11)17/h3-9,18H,2,10H2,1H3. The molecule has 0 aliphatic heterocycles. The molecular weight excluding hydrogens is 326 g/mol. The van der Waals surface area contributed by atoms with Gasteiger partial charge in [-0.1, -0.05) is 39.7 Å². The lowest BCUT2D eigenvalue weighted by Crippen LogP contribution is -2.00. The fourth-order valence-electron chi connectivity index (χ4n) is 1.72. The normalized spacial score (nSPS) is 10.3. The molecule has 2 rings (SSSR count). The smallest absolute Gasteiger partial charge is 0.121 e. The topological polar surface area (TPSA) is 21.3 Å². The number of anilines is 1. The van der Waals surface area contributed by atoms with Crippen LogP contribution in [0.25, 0.3) is 0 Å². The van der Waals surface area contributed by atoms with Crippen LogP contribution in [-0.4, -0.2) is 6.61 Å². The van der Waals surface area contributed by atoms with Gasteiger partial charge in [-0.2, -0.15) is 0 Å². The Morgan fingerprint density at radius 1 is 1.21 bits per heavy atom. The van der Waals surface area contributed by atoms with Gasteiger partial charge in [-0.25, -0.2) is 0 Å². The molecule has 0 heterocycles. The van der Waals surface area contributed by atoms with E-state index >= 15 is 0 Å². The molecule has 0 saturated carbocycles. The average Bonchev–Trinajstić information content (AvgIpc) is 2.38. The Balaban J connectivity index is 2.03. The zero-order chi connectivity index (χ0) is 13.7. The molecule has 0 amide bonds. The molecule has 2 aromatic carbocycles. The maximum absolute atomic E-state index is 6.18. The Labute approximate surface area is 126 Å². The molecule has 0 aromatic heterocycles. The molecule has 2 nitrogen and oxygen atoms in total. The minimum Gasteiger partial charge on any atom is -0.494 e. The van der Waals surface area contributed by atoms with Crippen LogP contribution in [0.2, 0.25) is 5.02 Å². The van der Waals surface area contributed by atoms with Crippen LogP contribution in [0.15, 0.2) is 46.9 Å². The molecule has 1 N–H and O–H groups in total. The zero-order valence-electron chi connectivity index (χ0n) is 10.6. The van der Waals surface area contributed by atoms with Crippen LogP contribution in [0.1, 0.15) is 12.5 Å². The van der Waals surface area contributed by atoms with E-state index in [1.165, 1.54) is 0 Å². The molecule has 100 valence electrons. The largest absolute Gasteiger partial charge is 0.494 e. The van der Waals surface area contributed by atoms with Gasteiger partial charge < -0.3 is 10.1 Å². The first-order valence-electron chi connectivity index (χ1n) is 6.09. The van der Waals surface area contributed by atoms with E-state index in [0.29, 0.717) is 13.2 Å². The summed E-state index contributed by atoms with van der Waals surface area (Å²) < 4.78 is 6.45. The Hall–Kier alpha value is -1.19. The Kier molecular flexibility index (Phi) is 5.11. The number of nitrogens with one attached hydrogen (secondary N) is 1. The molecule has 0 aliphatic rings. The van der Waals surface area contributed by atoms with Crippen molar-refractivity contribution in [1.29, 1.82) is 0 Å². The molecule has 0 radical (unpaired) electrons. The molecular formula is C15H15BrClNO. The third kappa shape index (κ3) is 4.15. The summed E-state index contributed by atoms with van der Waals surface area (Å²) in [7, 11) is 0. The maximum atomic E-state index is 6.18. The van der Waals surface area contributed by atoms with Gasteiger partial charge in [0.1, 0.15) is 5.75 Å². The molecule has 0 atom stereocenters. The van der Waals surface area contributed by atoms with Crippen LogP contribution in [0.4, 0.5) is 5.69 Å². The van der Waals surface area contributed by atoms with E-state index in [1.807, 2.05) is 49.4 Å². The first-order valence-corrected chi connectivity index (χ1v) is 7.27. The summed E-state index contributed by atoms with van der Waals surface area (Å²) in [4.78, 5) is 0. The highest BCUT2D eigenvalue weighted by molar-refractivity contribution is 9.10. The molecule has 4 heteroatoms. The predicted octanol–water partition coefficient (Wildman–Crippen LogP) is 5.11. The molecule has 2 aromatic rings. The fourth-order valence-corrected chi connectivity index (χ4v) is 2.47. The molecule has 0 unspecified atom stereocenters. The lowest BCUT2D eigenvalue weighted by atomic mass is 10.2. The summed E-state index contributed by atoms with van der Waals surface area (Å²) in [6.07, 6.45) is 0. The Morgan fingerprint density at radius 3 is 2.79 bits per heavy atom. The average molecular weight is 341 g/mol. The van der Waals surface area contributed by atoms with Gasteiger partial charge in [0.25, 0.3) is 0 Å². The number of rotatable bonds is 5. The highest BCUT2D eigenvalue weighted by atomic mass is 79.9. The predicted molar refractivity (Wildman–Crippen MR) is 84.1 cm³/mol. The maximum Gasteiger partial charge on any atom is 0.121 e. The summed E-state index contributed by atoms with van der Waals surface area (Å²) in [6.45, 7) is 3.32. The minimum absolute atomic E-state index is 0.669. The minimum atomic E-state index is 0.669. The fraction of sp³-hybridized carbons (Fsp3) is 0.200. The van der Waals surface area contributed by atoms with Crippen LogP contribution in [0.3, 0.4) is 0 Å². The van der Waals surface area contributed by atoms with Crippen molar-refractivity contribution in [2.24, 2.45) is 0 Å².